The van der Waals surface area contributed by atoms with Crippen LogP contribution in [0.3, 0.4) is 0 Å². The molecule has 2 saturated heterocycles. The zero-order valence-electron chi connectivity index (χ0n) is 10.2. The summed E-state index contributed by atoms with van der Waals surface area (Å²) in [5.74, 6) is 2.20. The van der Waals surface area contributed by atoms with Gasteiger partial charge in [0.25, 0.3) is 0 Å². The van der Waals surface area contributed by atoms with Gasteiger partial charge in [0.05, 0.1) is 0 Å². The van der Waals surface area contributed by atoms with Crippen molar-refractivity contribution in [1.29, 1.82) is 0 Å². The Kier molecular flexibility index (Phi) is 2.95. The molecule has 0 aromatic rings. The zero-order valence-corrected chi connectivity index (χ0v) is 10.2. The summed E-state index contributed by atoms with van der Waals surface area (Å²) in [6, 6.07) is 0. The highest BCUT2D eigenvalue weighted by Crippen LogP contribution is 2.49. The second kappa shape index (κ2) is 3.91. The van der Waals surface area contributed by atoms with Crippen LogP contribution in [-0.2, 0) is 0 Å². The van der Waals surface area contributed by atoms with Gasteiger partial charge in [-0.05, 0) is 5.41 Å². The SMILES string of the molecule is CC(C)(C)CB1C2CCCC1CCC2. The number of rotatable bonds is 1. The maximum Gasteiger partial charge on any atom is 0.146 e. The van der Waals surface area contributed by atoms with Crippen LogP contribution in [0.5, 0.6) is 0 Å². The topological polar surface area (TPSA) is 0 Å². The van der Waals surface area contributed by atoms with Gasteiger partial charge in [0, 0.05) is 0 Å². The largest absolute Gasteiger partial charge is 0.146 e. The highest BCUT2D eigenvalue weighted by molar-refractivity contribution is 6.62. The summed E-state index contributed by atoms with van der Waals surface area (Å²) in [4.78, 5) is 0. The maximum absolute atomic E-state index is 2.41. The van der Waals surface area contributed by atoms with Crippen LogP contribution in [-0.4, -0.2) is 6.71 Å². The Morgan fingerprint density at radius 2 is 1.36 bits per heavy atom. The van der Waals surface area contributed by atoms with Gasteiger partial charge in [-0.1, -0.05) is 77.3 Å². The summed E-state index contributed by atoms with van der Waals surface area (Å²) in [5.41, 5.74) is 0.551. The number of hydrogen-bond acceptors (Lipinski definition) is 0. The van der Waals surface area contributed by atoms with Gasteiger partial charge in [-0.2, -0.15) is 0 Å². The van der Waals surface area contributed by atoms with Gasteiger partial charge in [0.1, 0.15) is 6.71 Å². The normalized spacial score (nSPS) is 33.2. The molecule has 0 saturated carbocycles. The van der Waals surface area contributed by atoms with Crippen LogP contribution >= 0.6 is 0 Å². The summed E-state index contributed by atoms with van der Waals surface area (Å²) < 4.78 is 0. The Balaban J connectivity index is 2.01. The van der Waals surface area contributed by atoms with Gasteiger partial charge in [-0.25, -0.2) is 0 Å². The first-order valence-electron chi connectivity index (χ1n) is 6.56. The molecule has 0 aliphatic carbocycles. The Morgan fingerprint density at radius 1 is 0.929 bits per heavy atom. The lowest BCUT2D eigenvalue weighted by molar-refractivity contribution is 0.407. The Hall–Kier alpha value is 0.0649. The smallest absolute Gasteiger partial charge is 0.0688 e. The Labute approximate surface area is 89.9 Å². The molecule has 2 heterocycles. The first-order valence-corrected chi connectivity index (χ1v) is 6.56. The van der Waals surface area contributed by atoms with E-state index >= 15 is 0 Å². The van der Waals surface area contributed by atoms with E-state index in [1.165, 1.54) is 44.8 Å². The standard InChI is InChI=1S/C13H25B/c1-13(2,3)10-14-11-6-4-7-12(14)9-5-8-11/h11-12H,4-10H2,1-3H3. The Morgan fingerprint density at radius 3 is 1.71 bits per heavy atom. The van der Waals surface area contributed by atoms with Gasteiger partial charge in [0.15, 0.2) is 0 Å². The van der Waals surface area contributed by atoms with Gasteiger partial charge >= 0.3 is 0 Å². The van der Waals surface area contributed by atoms with E-state index in [9.17, 15) is 0 Å². The van der Waals surface area contributed by atoms with Crippen molar-refractivity contribution < 1.29 is 0 Å². The van der Waals surface area contributed by atoms with Crippen LogP contribution in [0.2, 0.25) is 18.0 Å². The fourth-order valence-electron chi connectivity index (χ4n) is 3.85. The summed E-state index contributed by atoms with van der Waals surface area (Å²) in [6.45, 7) is 8.32. The zero-order chi connectivity index (χ0) is 10.2. The molecular formula is C13H25B. The molecular weight excluding hydrogens is 167 g/mol. The Bertz CT molecular complexity index is 170. The minimum absolute atomic E-state index is 0.551. The number of hydrogen-bond donors (Lipinski definition) is 0. The molecule has 0 amide bonds. The van der Waals surface area contributed by atoms with Crippen LogP contribution in [0.15, 0.2) is 0 Å². The molecule has 0 unspecified atom stereocenters. The van der Waals surface area contributed by atoms with Crippen LogP contribution in [0.25, 0.3) is 0 Å². The lowest BCUT2D eigenvalue weighted by atomic mass is 9.24. The van der Waals surface area contributed by atoms with E-state index in [0.717, 1.165) is 18.3 Å². The fourth-order valence-corrected chi connectivity index (χ4v) is 3.85. The third-order valence-corrected chi connectivity index (χ3v) is 4.36. The molecule has 0 N–H and O–H groups in total. The van der Waals surface area contributed by atoms with Crippen LogP contribution < -0.4 is 0 Å². The number of fused-ring (bicyclic) bond motifs is 2. The molecule has 2 aliphatic heterocycles. The van der Waals surface area contributed by atoms with Crippen molar-refractivity contribution in [2.24, 2.45) is 5.41 Å². The highest BCUT2D eigenvalue weighted by atomic mass is 14.3. The quantitative estimate of drug-likeness (QED) is 0.531. The lowest BCUT2D eigenvalue weighted by Crippen LogP contribution is -2.37. The van der Waals surface area contributed by atoms with Crippen molar-refractivity contribution in [2.45, 2.75) is 77.3 Å². The van der Waals surface area contributed by atoms with E-state index in [1.54, 1.807) is 0 Å². The van der Waals surface area contributed by atoms with Crippen LogP contribution in [0.4, 0.5) is 0 Å². The molecule has 0 aromatic carbocycles. The first-order chi connectivity index (χ1) is 6.56. The van der Waals surface area contributed by atoms with Crippen LogP contribution in [0.1, 0.15) is 59.3 Å². The van der Waals surface area contributed by atoms with Crippen molar-refractivity contribution in [3.05, 3.63) is 0 Å². The predicted molar refractivity (Wildman–Crippen MR) is 65.2 cm³/mol. The van der Waals surface area contributed by atoms with Crippen molar-refractivity contribution in [3.8, 4) is 0 Å². The molecule has 0 aromatic heterocycles. The molecule has 1 heteroatoms. The summed E-state index contributed by atoms with van der Waals surface area (Å²) in [5, 5.41) is 0. The molecule has 0 radical (unpaired) electrons. The van der Waals surface area contributed by atoms with E-state index in [-0.39, 0.29) is 0 Å². The van der Waals surface area contributed by atoms with E-state index in [2.05, 4.69) is 20.8 Å². The predicted octanol–water partition coefficient (Wildman–Crippen LogP) is 4.64. The summed E-state index contributed by atoms with van der Waals surface area (Å²) in [6.07, 6.45) is 10.7. The van der Waals surface area contributed by atoms with Crippen molar-refractivity contribution in [3.63, 3.8) is 0 Å². The molecule has 0 nitrogen and oxygen atoms in total. The summed E-state index contributed by atoms with van der Waals surface area (Å²) in [7, 11) is 0. The molecule has 2 aliphatic rings. The van der Waals surface area contributed by atoms with E-state index in [4.69, 9.17) is 0 Å². The van der Waals surface area contributed by atoms with E-state index in [0.29, 0.717) is 5.41 Å². The molecule has 2 rings (SSSR count). The highest BCUT2D eigenvalue weighted by Gasteiger charge is 2.40. The molecule has 2 fully saturated rings. The van der Waals surface area contributed by atoms with E-state index in [1.807, 2.05) is 0 Å². The molecule has 0 spiro atoms. The van der Waals surface area contributed by atoms with Gasteiger partial charge in [0.2, 0.25) is 0 Å². The molecule has 14 heavy (non-hydrogen) atoms. The first kappa shape index (κ1) is 10.6. The minimum atomic E-state index is 0.551. The lowest BCUT2D eigenvalue weighted by Gasteiger charge is -2.43. The van der Waals surface area contributed by atoms with Crippen LogP contribution in [0, 0.1) is 5.41 Å². The second-order valence-corrected chi connectivity index (χ2v) is 6.81. The average molecular weight is 192 g/mol. The average Bonchev–Trinajstić information content (AvgIpc) is 1.99. The van der Waals surface area contributed by atoms with E-state index < -0.39 is 0 Å². The maximum atomic E-state index is 2.41. The molecule has 0 atom stereocenters. The molecule has 2 bridgehead atoms. The van der Waals surface area contributed by atoms with Crippen molar-refractivity contribution in [2.75, 3.05) is 0 Å². The van der Waals surface area contributed by atoms with Crippen molar-refractivity contribution in [1.82, 2.24) is 0 Å². The van der Waals surface area contributed by atoms with Gasteiger partial charge in [-0.3, -0.25) is 0 Å². The van der Waals surface area contributed by atoms with Gasteiger partial charge in [-0.15, -0.1) is 0 Å². The third-order valence-electron chi connectivity index (χ3n) is 4.36. The molecule has 80 valence electrons. The fraction of sp³-hybridized carbons (Fsp3) is 1.00. The monoisotopic (exact) mass is 192 g/mol. The minimum Gasteiger partial charge on any atom is -0.0688 e. The van der Waals surface area contributed by atoms with Gasteiger partial charge < -0.3 is 0 Å². The summed E-state index contributed by atoms with van der Waals surface area (Å²) >= 11 is 0. The third kappa shape index (κ3) is 2.35. The van der Waals surface area contributed by atoms with Crippen molar-refractivity contribution >= 4 is 6.71 Å². The second-order valence-electron chi connectivity index (χ2n) is 6.81.